The lowest BCUT2D eigenvalue weighted by Gasteiger charge is -2.35. The van der Waals surface area contributed by atoms with Crippen molar-refractivity contribution in [3.8, 4) is 0 Å². The van der Waals surface area contributed by atoms with Crippen LogP contribution in [-0.2, 0) is 9.47 Å². The Bertz CT molecular complexity index is 580. The minimum absolute atomic E-state index is 0.286. The minimum Gasteiger partial charge on any atom is -0.444 e. The number of hydrogen-bond donors (Lipinski definition) is 1. The van der Waals surface area contributed by atoms with E-state index in [1.807, 2.05) is 0 Å². The zero-order chi connectivity index (χ0) is 18.1. The number of aliphatic hydroxyl groups is 1. The molecular formula is C18H26FNO4. The SMILES string of the molecule is CC(C)(C)OC(=O)N1[C@@H](C[C@@H](O)c2ccc(F)cc2)COC1(C)C. The number of carbonyl (C=O) groups excluding carboxylic acids is 1. The van der Waals surface area contributed by atoms with Crippen LogP contribution in [0.4, 0.5) is 9.18 Å². The molecule has 134 valence electrons. The van der Waals surface area contributed by atoms with Crippen molar-refractivity contribution in [2.75, 3.05) is 6.61 Å². The maximum atomic E-state index is 13.0. The molecule has 0 aliphatic carbocycles. The summed E-state index contributed by atoms with van der Waals surface area (Å²) in [6.07, 6.45) is -1.01. The molecule has 24 heavy (non-hydrogen) atoms. The van der Waals surface area contributed by atoms with Gasteiger partial charge in [0.05, 0.1) is 18.8 Å². The first kappa shape index (κ1) is 18.7. The molecule has 1 N–H and O–H groups in total. The molecule has 0 saturated carbocycles. The highest BCUT2D eigenvalue weighted by atomic mass is 19.1. The number of carbonyl (C=O) groups is 1. The van der Waals surface area contributed by atoms with E-state index in [2.05, 4.69) is 0 Å². The lowest BCUT2D eigenvalue weighted by Crippen LogP contribution is -2.50. The Balaban J connectivity index is 2.12. The Labute approximate surface area is 142 Å². The number of nitrogens with zero attached hydrogens (tertiary/aromatic N) is 1. The van der Waals surface area contributed by atoms with E-state index < -0.39 is 23.5 Å². The monoisotopic (exact) mass is 339 g/mol. The molecule has 0 bridgehead atoms. The average Bonchev–Trinajstić information content (AvgIpc) is 2.72. The van der Waals surface area contributed by atoms with Crippen LogP contribution in [0.2, 0.25) is 0 Å². The summed E-state index contributed by atoms with van der Waals surface area (Å²) in [5.41, 5.74) is -0.823. The molecule has 0 radical (unpaired) electrons. The molecule has 1 aliphatic rings. The van der Waals surface area contributed by atoms with Gasteiger partial charge in [0.25, 0.3) is 0 Å². The second-order valence-corrected chi connectivity index (χ2v) is 7.56. The Morgan fingerprint density at radius 3 is 2.54 bits per heavy atom. The number of halogens is 1. The summed E-state index contributed by atoms with van der Waals surface area (Å²) in [7, 11) is 0. The van der Waals surface area contributed by atoms with Gasteiger partial charge in [-0.15, -0.1) is 0 Å². The Morgan fingerprint density at radius 2 is 2.00 bits per heavy atom. The summed E-state index contributed by atoms with van der Waals surface area (Å²) in [6, 6.07) is 5.37. The molecule has 5 nitrogen and oxygen atoms in total. The summed E-state index contributed by atoms with van der Waals surface area (Å²) in [5, 5.41) is 10.4. The van der Waals surface area contributed by atoms with Gasteiger partial charge in [0, 0.05) is 6.42 Å². The minimum atomic E-state index is -0.821. The van der Waals surface area contributed by atoms with Gasteiger partial charge >= 0.3 is 6.09 Å². The van der Waals surface area contributed by atoms with Crippen LogP contribution < -0.4 is 0 Å². The number of rotatable bonds is 3. The highest BCUT2D eigenvalue weighted by molar-refractivity contribution is 5.69. The molecule has 1 aliphatic heterocycles. The van der Waals surface area contributed by atoms with Gasteiger partial charge in [-0.3, -0.25) is 4.90 Å². The van der Waals surface area contributed by atoms with Crippen molar-refractivity contribution in [3.05, 3.63) is 35.6 Å². The summed E-state index contributed by atoms with van der Waals surface area (Å²) in [5.74, 6) is -0.355. The van der Waals surface area contributed by atoms with Crippen molar-refractivity contribution >= 4 is 6.09 Å². The van der Waals surface area contributed by atoms with Gasteiger partial charge in [0.15, 0.2) is 0 Å². The fourth-order valence-electron chi connectivity index (χ4n) is 2.82. The van der Waals surface area contributed by atoms with Crippen molar-refractivity contribution in [2.24, 2.45) is 0 Å². The number of amides is 1. The molecule has 6 heteroatoms. The Kier molecular flexibility index (Phi) is 5.20. The van der Waals surface area contributed by atoms with E-state index in [-0.39, 0.29) is 18.3 Å². The van der Waals surface area contributed by atoms with Gasteiger partial charge in [0.2, 0.25) is 0 Å². The van der Waals surface area contributed by atoms with Crippen LogP contribution >= 0.6 is 0 Å². The predicted molar refractivity (Wildman–Crippen MR) is 87.9 cm³/mol. The van der Waals surface area contributed by atoms with E-state index in [1.165, 1.54) is 17.0 Å². The number of ether oxygens (including phenoxy) is 2. The quantitative estimate of drug-likeness (QED) is 0.914. The number of hydrogen-bond acceptors (Lipinski definition) is 4. The number of aliphatic hydroxyl groups excluding tert-OH is 1. The molecule has 1 aromatic carbocycles. The fraction of sp³-hybridized carbons (Fsp3) is 0.611. The highest BCUT2D eigenvalue weighted by Gasteiger charge is 2.46. The summed E-state index contributed by atoms with van der Waals surface area (Å²) < 4.78 is 24.2. The van der Waals surface area contributed by atoms with Crippen LogP contribution in [0.15, 0.2) is 24.3 Å². The topological polar surface area (TPSA) is 59.0 Å². The molecule has 1 heterocycles. The average molecular weight is 339 g/mol. The Hall–Kier alpha value is -1.66. The van der Waals surface area contributed by atoms with E-state index in [1.54, 1.807) is 46.8 Å². The van der Waals surface area contributed by atoms with Crippen molar-refractivity contribution in [1.82, 2.24) is 4.90 Å². The molecule has 1 aromatic rings. The van der Waals surface area contributed by atoms with Gasteiger partial charge in [-0.05, 0) is 52.3 Å². The second kappa shape index (κ2) is 6.69. The zero-order valence-corrected chi connectivity index (χ0v) is 14.9. The normalized spacial score (nSPS) is 21.6. The fourth-order valence-corrected chi connectivity index (χ4v) is 2.82. The van der Waals surface area contributed by atoms with Crippen LogP contribution in [0.5, 0.6) is 0 Å². The molecule has 0 aromatic heterocycles. The van der Waals surface area contributed by atoms with E-state index >= 15 is 0 Å². The third-order valence-electron chi connectivity index (χ3n) is 3.91. The van der Waals surface area contributed by atoms with Gasteiger partial charge in [0.1, 0.15) is 17.1 Å². The third kappa shape index (κ3) is 4.45. The maximum absolute atomic E-state index is 13.0. The van der Waals surface area contributed by atoms with E-state index in [4.69, 9.17) is 9.47 Å². The van der Waals surface area contributed by atoms with Crippen LogP contribution in [0.1, 0.15) is 52.7 Å². The summed E-state index contributed by atoms with van der Waals surface area (Å²) >= 11 is 0. The Morgan fingerprint density at radius 1 is 1.42 bits per heavy atom. The van der Waals surface area contributed by atoms with Crippen molar-refractivity contribution in [2.45, 2.75) is 64.5 Å². The lowest BCUT2D eigenvalue weighted by atomic mass is 10.0. The molecule has 0 spiro atoms. The van der Waals surface area contributed by atoms with Crippen molar-refractivity contribution < 1.29 is 23.8 Å². The van der Waals surface area contributed by atoms with Gasteiger partial charge in [-0.2, -0.15) is 0 Å². The summed E-state index contributed by atoms with van der Waals surface area (Å²) in [6.45, 7) is 9.30. The molecule has 0 unspecified atom stereocenters. The largest absolute Gasteiger partial charge is 0.444 e. The predicted octanol–water partition coefficient (Wildman–Crippen LogP) is 3.62. The molecule has 1 amide bonds. The molecule has 1 fully saturated rings. The van der Waals surface area contributed by atoms with Crippen LogP contribution in [-0.4, -0.2) is 40.1 Å². The smallest absolute Gasteiger partial charge is 0.412 e. The van der Waals surface area contributed by atoms with Crippen LogP contribution in [0, 0.1) is 5.82 Å². The first-order valence-electron chi connectivity index (χ1n) is 8.09. The standard InChI is InChI=1S/C18H26FNO4/c1-17(2,3)24-16(22)20-14(11-23-18(20,4)5)10-15(21)12-6-8-13(19)9-7-12/h6-9,14-15,21H,10-11H2,1-5H3/t14-,15+/m0/s1. The van der Waals surface area contributed by atoms with Gasteiger partial charge in [-0.25, -0.2) is 9.18 Å². The zero-order valence-electron chi connectivity index (χ0n) is 14.9. The second-order valence-electron chi connectivity index (χ2n) is 7.56. The summed E-state index contributed by atoms with van der Waals surface area (Å²) in [4.78, 5) is 14.1. The van der Waals surface area contributed by atoms with Crippen molar-refractivity contribution in [1.29, 1.82) is 0 Å². The highest BCUT2D eigenvalue weighted by Crippen LogP contribution is 2.33. The molecular weight excluding hydrogens is 313 g/mol. The first-order valence-corrected chi connectivity index (χ1v) is 8.09. The van der Waals surface area contributed by atoms with Crippen molar-refractivity contribution in [3.63, 3.8) is 0 Å². The molecule has 2 atom stereocenters. The van der Waals surface area contributed by atoms with E-state index in [0.717, 1.165) is 0 Å². The number of benzene rings is 1. The van der Waals surface area contributed by atoms with Crippen LogP contribution in [0.3, 0.4) is 0 Å². The van der Waals surface area contributed by atoms with E-state index in [0.29, 0.717) is 12.2 Å². The third-order valence-corrected chi connectivity index (χ3v) is 3.91. The van der Waals surface area contributed by atoms with Gasteiger partial charge < -0.3 is 14.6 Å². The van der Waals surface area contributed by atoms with Gasteiger partial charge in [-0.1, -0.05) is 12.1 Å². The maximum Gasteiger partial charge on any atom is 0.412 e. The molecule has 1 saturated heterocycles. The van der Waals surface area contributed by atoms with E-state index in [9.17, 15) is 14.3 Å². The molecule has 2 rings (SSSR count). The lowest BCUT2D eigenvalue weighted by molar-refractivity contribution is -0.0637. The first-order chi connectivity index (χ1) is 11.0. The van der Waals surface area contributed by atoms with Crippen LogP contribution in [0.25, 0.3) is 0 Å².